The predicted molar refractivity (Wildman–Crippen MR) is 94.0 cm³/mol. The van der Waals surface area contributed by atoms with E-state index in [2.05, 4.69) is 5.32 Å². The molecule has 24 heavy (non-hydrogen) atoms. The molecule has 1 aliphatic rings. The summed E-state index contributed by atoms with van der Waals surface area (Å²) in [5, 5.41) is 2.81. The minimum absolute atomic E-state index is 0.0598. The Morgan fingerprint density at radius 3 is 2.42 bits per heavy atom. The third kappa shape index (κ3) is 5.29. The smallest absolute Gasteiger partial charge is 0.243 e. The standard InChI is InChI=1S/C17H27N3O3S/c1-14(18)9-10-19-17(21)13-15-5-7-16(8-6-15)24(22,23)20-11-3-2-4-12-20/h5-8,14H,2-4,9-13,18H2,1H3,(H,19,21). The molecule has 7 heteroatoms. The van der Waals surface area contributed by atoms with Gasteiger partial charge in [-0.15, -0.1) is 0 Å². The first kappa shape index (κ1) is 18.9. The second-order valence-electron chi connectivity index (χ2n) is 6.40. The Hall–Kier alpha value is -1.44. The van der Waals surface area contributed by atoms with Gasteiger partial charge >= 0.3 is 0 Å². The number of benzene rings is 1. The van der Waals surface area contributed by atoms with E-state index in [1.807, 2.05) is 6.92 Å². The fraction of sp³-hybridized carbons (Fsp3) is 0.588. The molecule has 0 aliphatic carbocycles. The molecule has 1 amide bonds. The maximum Gasteiger partial charge on any atom is 0.243 e. The minimum atomic E-state index is -3.41. The summed E-state index contributed by atoms with van der Waals surface area (Å²) in [7, 11) is -3.41. The van der Waals surface area contributed by atoms with Crippen molar-refractivity contribution in [2.24, 2.45) is 5.73 Å². The molecule has 1 saturated heterocycles. The summed E-state index contributed by atoms with van der Waals surface area (Å²) in [6.45, 7) is 3.63. The summed E-state index contributed by atoms with van der Waals surface area (Å²) < 4.78 is 26.7. The van der Waals surface area contributed by atoms with Crippen LogP contribution in [0.4, 0.5) is 0 Å². The van der Waals surface area contributed by atoms with Crippen LogP contribution in [0.2, 0.25) is 0 Å². The summed E-state index contributed by atoms with van der Waals surface area (Å²) >= 11 is 0. The molecule has 0 saturated carbocycles. The Morgan fingerprint density at radius 1 is 1.21 bits per heavy atom. The predicted octanol–water partition coefficient (Wildman–Crippen LogP) is 1.26. The normalized spacial score (nSPS) is 17.4. The molecule has 1 fully saturated rings. The molecule has 1 aliphatic heterocycles. The van der Waals surface area contributed by atoms with Crippen LogP contribution in [0.3, 0.4) is 0 Å². The lowest BCUT2D eigenvalue weighted by Gasteiger charge is -2.25. The Labute approximate surface area is 144 Å². The molecule has 1 atom stereocenters. The van der Waals surface area contributed by atoms with E-state index in [1.54, 1.807) is 28.6 Å². The largest absolute Gasteiger partial charge is 0.356 e. The Balaban J connectivity index is 1.93. The maximum absolute atomic E-state index is 12.6. The molecule has 0 spiro atoms. The molecule has 1 heterocycles. The van der Waals surface area contributed by atoms with E-state index >= 15 is 0 Å². The highest BCUT2D eigenvalue weighted by Gasteiger charge is 2.25. The molecule has 3 N–H and O–H groups in total. The van der Waals surface area contributed by atoms with Crippen molar-refractivity contribution in [2.75, 3.05) is 19.6 Å². The quantitative estimate of drug-likeness (QED) is 0.772. The molecule has 6 nitrogen and oxygen atoms in total. The molecule has 134 valence electrons. The average Bonchev–Trinajstić information content (AvgIpc) is 2.56. The summed E-state index contributed by atoms with van der Waals surface area (Å²) in [5.41, 5.74) is 6.44. The van der Waals surface area contributed by atoms with Crippen molar-refractivity contribution in [2.45, 2.75) is 50.0 Å². The van der Waals surface area contributed by atoms with Crippen LogP contribution < -0.4 is 11.1 Å². The van der Waals surface area contributed by atoms with E-state index in [0.29, 0.717) is 24.5 Å². The second-order valence-corrected chi connectivity index (χ2v) is 8.34. The Bertz CT molecular complexity index is 636. The van der Waals surface area contributed by atoms with Gasteiger partial charge in [0.2, 0.25) is 15.9 Å². The van der Waals surface area contributed by atoms with Crippen LogP contribution in [0, 0.1) is 0 Å². The number of piperidine rings is 1. The van der Waals surface area contributed by atoms with Gasteiger partial charge in [0.05, 0.1) is 11.3 Å². The van der Waals surface area contributed by atoms with Gasteiger partial charge < -0.3 is 11.1 Å². The lowest BCUT2D eigenvalue weighted by atomic mass is 10.1. The molecule has 1 unspecified atom stereocenters. The fourth-order valence-electron chi connectivity index (χ4n) is 2.72. The first-order valence-corrected chi connectivity index (χ1v) is 9.95. The third-order valence-electron chi connectivity index (χ3n) is 4.16. The minimum Gasteiger partial charge on any atom is -0.356 e. The van der Waals surface area contributed by atoms with Crippen LogP contribution >= 0.6 is 0 Å². The van der Waals surface area contributed by atoms with E-state index in [-0.39, 0.29) is 18.4 Å². The monoisotopic (exact) mass is 353 g/mol. The van der Waals surface area contributed by atoms with Crippen LogP contribution in [0.25, 0.3) is 0 Å². The lowest BCUT2D eigenvalue weighted by Crippen LogP contribution is -2.35. The zero-order valence-electron chi connectivity index (χ0n) is 14.2. The van der Waals surface area contributed by atoms with Gasteiger partial charge in [-0.2, -0.15) is 4.31 Å². The van der Waals surface area contributed by atoms with Crippen molar-refractivity contribution in [3.63, 3.8) is 0 Å². The fourth-order valence-corrected chi connectivity index (χ4v) is 4.24. The van der Waals surface area contributed by atoms with Crippen molar-refractivity contribution in [3.8, 4) is 0 Å². The van der Waals surface area contributed by atoms with Gasteiger partial charge in [-0.3, -0.25) is 4.79 Å². The lowest BCUT2D eigenvalue weighted by molar-refractivity contribution is -0.120. The highest BCUT2D eigenvalue weighted by molar-refractivity contribution is 7.89. The zero-order valence-corrected chi connectivity index (χ0v) is 15.0. The molecule has 2 rings (SSSR count). The van der Waals surface area contributed by atoms with Crippen molar-refractivity contribution >= 4 is 15.9 Å². The summed E-state index contributed by atoms with van der Waals surface area (Å²) in [6, 6.07) is 6.66. The number of carbonyl (C=O) groups excluding carboxylic acids is 1. The van der Waals surface area contributed by atoms with E-state index < -0.39 is 10.0 Å². The summed E-state index contributed by atoms with van der Waals surface area (Å²) in [5.74, 6) is -0.0812. The van der Waals surface area contributed by atoms with Crippen molar-refractivity contribution in [3.05, 3.63) is 29.8 Å². The second kappa shape index (κ2) is 8.60. The number of rotatable bonds is 7. The van der Waals surface area contributed by atoms with Gasteiger partial charge in [-0.25, -0.2) is 8.42 Å². The van der Waals surface area contributed by atoms with E-state index in [4.69, 9.17) is 5.73 Å². The van der Waals surface area contributed by atoms with Gasteiger partial charge in [0.25, 0.3) is 0 Å². The van der Waals surface area contributed by atoms with Gasteiger partial charge in [0, 0.05) is 25.7 Å². The van der Waals surface area contributed by atoms with Crippen LogP contribution in [0.1, 0.15) is 38.2 Å². The molecule has 0 radical (unpaired) electrons. The number of nitrogens with zero attached hydrogens (tertiary/aromatic N) is 1. The van der Waals surface area contributed by atoms with Gasteiger partial charge in [0.15, 0.2) is 0 Å². The molecule has 1 aromatic rings. The van der Waals surface area contributed by atoms with E-state index in [1.165, 1.54) is 0 Å². The molecule has 0 bridgehead atoms. The van der Waals surface area contributed by atoms with Crippen LogP contribution in [0.15, 0.2) is 29.2 Å². The zero-order chi connectivity index (χ0) is 17.6. The van der Waals surface area contributed by atoms with E-state index in [0.717, 1.165) is 31.2 Å². The van der Waals surface area contributed by atoms with Gasteiger partial charge in [-0.1, -0.05) is 18.6 Å². The number of hydrogen-bond acceptors (Lipinski definition) is 4. The highest BCUT2D eigenvalue weighted by Crippen LogP contribution is 2.20. The van der Waals surface area contributed by atoms with Crippen LogP contribution in [-0.2, 0) is 21.2 Å². The number of hydrogen-bond donors (Lipinski definition) is 2. The summed E-state index contributed by atoms with van der Waals surface area (Å²) in [6.07, 6.45) is 3.89. The van der Waals surface area contributed by atoms with Crippen LogP contribution in [-0.4, -0.2) is 44.3 Å². The topological polar surface area (TPSA) is 92.5 Å². The SMILES string of the molecule is CC(N)CCNC(=O)Cc1ccc(S(=O)(=O)N2CCCCC2)cc1. The van der Waals surface area contributed by atoms with Crippen molar-refractivity contribution in [1.82, 2.24) is 9.62 Å². The molecular weight excluding hydrogens is 326 g/mol. The summed E-state index contributed by atoms with van der Waals surface area (Å²) in [4.78, 5) is 12.1. The number of nitrogens with two attached hydrogens (primary N) is 1. The Morgan fingerprint density at radius 2 is 1.83 bits per heavy atom. The van der Waals surface area contributed by atoms with Gasteiger partial charge in [-0.05, 0) is 43.9 Å². The first-order chi connectivity index (χ1) is 11.4. The highest BCUT2D eigenvalue weighted by atomic mass is 32.2. The number of sulfonamides is 1. The molecule has 0 aromatic heterocycles. The van der Waals surface area contributed by atoms with E-state index in [9.17, 15) is 13.2 Å². The van der Waals surface area contributed by atoms with Crippen molar-refractivity contribution < 1.29 is 13.2 Å². The number of carbonyl (C=O) groups is 1. The maximum atomic E-state index is 12.6. The third-order valence-corrected chi connectivity index (χ3v) is 6.08. The first-order valence-electron chi connectivity index (χ1n) is 8.51. The molecule has 1 aromatic carbocycles. The van der Waals surface area contributed by atoms with Gasteiger partial charge in [0.1, 0.15) is 0 Å². The number of amides is 1. The van der Waals surface area contributed by atoms with Crippen LogP contribution in [0.5, 0.6) is 0 Å². The number of nitrogens with one attached hydrogen (secondary N) is 1. The Kier molecular flexibility index (Phi) is 6.77. The molecular formula is C17H27N3O3S. The average molecular weight is 353 g/mol. The van der Waals surface area contributed by atoms with Crippen molar-refractivity contribution in [1.29, 1.82) is 0 Å².